The second-order valence-corrected chi connectivity index (χ2v) is 13.3. The van der Waals surface area contributed by atoms with Crippen LogP contribution in [0.2, 0.25) is 0 Å². The molecule has 4 amide bonds. The Morgan fingerprint density at radius 2 is 1.60 bits per heavy atom. The summed E-state index contributed by atoms with van der Waals surface area (Å²) < 4.78 is 11.5. The van der Waals surface area contributed by atoms with Gasteiger partial charge in [-0.1, -0.05) is 37.3 Å². The number of carbonyl (C=O) groups excluding carboxylic acids is 5. The number of unbranched alkanes of at least 4 members (excludes halogenated alkanes) is 1. The summed E-state index contributed by atoms with van der Waals surface area (Å²) in [6.07, 6.45) is 7.49. The third-order valence-corrected chi connectivity index (χ3v) is 9.78. The molecule has 0 unspecified atom stereocenters. The van der Waals surface area contributed by atoms with E-state index in [1.54, 1.807) is 43.0 Å². The maximum Gasteiger partial charge on any atom is 0.338 e. The van der Waals surface area contributed by atoms with Crippen LogP contribution >= 0.6 is 0 Å². The lowest BCUT2D eigenvalue weighted by Gasteiger charge is -2.36. The van der Waals surface area contributed by atoms with Crippen LogP contribution in [0.1, 0.15) is 94.0 Å². The van der Waals surface area contributed by atoms with E-state index in [0.717, 1.165) is 24.2 Å². The van der Waals surface area contributed by atoms with Crippen molar-refractivity contribution in [3.05, 3.63) is 65.7 Å². The van der Waals surface area contributed by atoms with Crippen LogP contribution in [0.3, 0.4) is 0 Å². The van der Waals surface area contributed by atoms with Crippen LogP contribution in [0.25, 0.3) is 0 Å². The van der Waals surface area contributed by atoms with Crippen LogP contribution in [0.15, 0.2) is 54.6 Å². The first-order chi connectivity index (χ1) is 23.2. The third kappa shape index (κ3) is 8.73. The fraction of sp³-hybridized carbons (Fsp3) is 0.541. The number of carbonyl (C=O) groups is 5. The van der Waals surface area contributed by atoms with Crippen molar-refractivity contribution in [2.45, 2.75) is 114 Å². The Morgan fingerprint density at radius 3 is 2.31 bits per heavy atom. The van der Waals surface area contributed by atoms with Gasteiger partial charge < -0.3 is 30.3 Å². The molecule has 2 heterocycles. The minimum absolute atomic E-state index is 0.160. The molecule has 0 bridgehead atoms. The molecule has 2 aromatic rings. The molecule has 3 N–H and O–H groups in total. The molecular weight excluding hydrogens is 612 g/mol. The van der Waals surface area contributed by atoms with E-state index in [9.17, 15) is 24.0 Å². The molecule has 2 aromatic carbocycles. The summed E-state index contributed by atoms with van der Waals surface area (Å²) in [5, 5.41) is 8.69. The van der Waals surface area contributed by atoms with Crippen LogP contribution < -0.4 is 20.7 Å². The zero-order chi connectivity index (χ0) is 34.1. The van der Waals surface area contributed by atoms with E-state index in [2.05, 4.69) is 16.0 Å². The highest BCUT2D eigenvalue weighted by atomic mass is 16.5. The quantitative estimate of drug-likeness (QED) is 0.246. The van der Waals surface area contributed by atoms with Gasteiger partial charge in [-0.05, 0) is 101 Å². The number of hydrogen-bond donors (Lipinski definition) is 3. The highest BCUT2D eigenvalue weighted by Crippen LogP contribution is 2.26. The summed E-state index contributed by atoms with van der Waals surface area (Å²) in [5.74, 6) is -1.31. The first-order valence-corrected chi connectivity index (χ1v) is 17.4. The first-order valence-electron chi connectivity index (χ1n) is 17.4. The van der Waals surface area contributed by atoms with E-state index in [1.807, 2.05) is 30.3 Å². The molecule has 1 saturated carbocycles. The van der Waals surface area contributed by atoms with Gasteiger partial charge in [-0.15, -0.1) is 0 Å². The van der Waals surface area contributed by atoms with E-state index in [4.69, 9.17) is 9.47 Å². The molecule has 5 rings (SSSR count). The Hall–Kier alpha value is -4.41. The van der Waals surface area contributed by atoms with Crippen molar-refractivity contribution in [1.82, 2.24) is 20.9 Å². The smallest absolute Gasteiger partial charge is 0.338 e. The van der Waals surface area contributed by atoms with Gasteiger partial charge in [0.2, 0.25) is 23.6 Å². The molecule has 3 fully saturated rings. The minimum Gasteiger partial charge on any atom is -0.490 e. The second kappa shape index (κ2) is 16.1. The minimum atomic E-state index is -1.33. The number of nitrogens with zero attached hydrogens (tertiary/aromatic N) is 1. The van der Waals surface area contributed by atoms with Crippen LogP contribution in [0.5, 0.6) is 5.75 Å². The fourth-order valence-electron chi connectivity index (χ4n) is 6.63. The van der Waals surface area contributed by atoms with Gasteiger partial charge in [-0.2, -0.15) is 0 Å². The molecule has 3 aliphatic rings. The molecular formula is C37H48N4O7. The predicted octanol–water partition coefficient (Wildman–Crippen LogP) is 3.84. The van der Waals surface area contributed by atoms with E-state index in [1.165, 1.54) is 12.8 Å². The topological polar surface area (TPSA) is 143 Å². The summed E-state index contributed by atoms with van der Waals surface area (Å²) in [6, 6.07) is 13.7. The average Bonchev–Trinajstić information content (AvgIpc) is 3.80. The molecule has 0 radical (unpaired) electrons. The maximum absolute atomic E-state index is 14.1. The number of ether oxygens (including phenoxy) is 2. The van der Waals surface area contributed by atoms with Gasteiger partial charge in [-0.3, -0.25) is 19.2 Å². The summed E-state index contributed by atoms with van der Waals surface area (Å²) in [4.78, 5) is 69.0. The van der Waals surface area contributed by atoms with Crippen molar-refractivity contribution < 1.29 is 33.4 Å². The second-order valence-electron chi connectivity index (χ2n) is 13.3. The number of hydrogen-bond acceptors (Lipinski definition) is 7. The molecule has 4 atom stereocenters. The lowest BCUT2D eigenvalue weighted by Crippen LogP contribution is -2.65. The van der Waals surface area contributed by atoms with Crippen LogP contribution in [0, 0.1) is 0 Å². The Labute approximate surface area is 282 Å². The normalized spacial score (nSPS) is 25.3. The highest BCUT2D eigenvalue weighted by molar-refractivity contribution is 5.99. The zero-order valence-electron chi connectivity index (χ0n) is 28.0. The lowest BCUT2D eigenvalue weighted by molar-refractivity contribution is -0.144. The number of nitrogens with one attached hydrogen (secondary N) is 3. The Morgan fingerprint density at radius 1 is 0.875 bits per heavy atom. The van der Waals surface area contributed by atoms with Crippen LogP contribution in [0.4, 0.5) is 0 Å². The summed E-state index contributed by atoms with van der Waals surface area (Å²) in [5.41, 5.74) is -0.0242. The molecule has 0 spiro atoms. The van der Waals surface area contributed by atoms with E-state index in [-0.39, 0.29) is 37.9 Å². The monoisotopic (exact) mass is 660 g/mol. The number of rotatable bonds is 11. The van der Waals surface area contributed by atoms with Crippen molar-refractivity contribution in [2.75, 3.05) is 13.2 Å². The van der Waals surface area contributed by atoms with Gasteiger partial charge in [0.25, 0.3) is 0 Å². The van der Waals surface area contributed by atoms with Crippen molar-refractivity contribution >= 4 is 29.6 Å². The summed E-state index contributed by atoms with van der Waals surface area (Å²) in [7, 11) is 0. The molecule has 11 nitrogen and oxygen atoms in total. The van der Waals surface area contributed by atoms with Crippen LogP contribution in [-0.2, 0) is 30.3 Å². The third-order valence-electron chi connectivity index (χ3n) is 9.78. The highest BCUT2D eigenvalue weighted by Gasteiger charge is 2.43. The Kier molecular flexibility index (Phi) is 11.7. The van der Waals surface area contributed by atoms with E-state index in [0.29, 0.717) is 37.8 Å². The number of fused-ring (bicyclic) bond motifs is 1. The zero-order valence-corrected chi connectivity index (χ0v) is 28.0. The van der Waals surface area contributed by atoms with Gasteiger partial charge in [0.15, 0.2) is 0 Å². The van der Waals surface area contributed by atoms with Crippen molar-refractivity contribution in [3.8, 4) is 5.75 Å². The molecule has 48 heavy (non-hydrogen) atoms. The fourth-order valence-corrected chi connectivity index (χ4v) is 6.63. The molecule has 2 aliphatic heterocycles. The van der Waals surface area contributed by atoms with Crippen LogP contribution in [-0.4, -0.2) is 77.4 Å². The van der Waals surface area contributed by atoms with Gasteiger partial charge in [0, 0.05) is 13.0 Å². The SMILES string of the molecule is CC[C@]1(C)NC(=O)[C@H](CCCCOC(=O)c2ccccc2)NC(=O)[C@H]2CCCN2C(=O)[C@H](Cc2ccc(OC3CCCC3)cc2)NC1=O. The van der Waals surface area contributed by atoms with Gasteiger partial charge in [-0.25, -0.2) is 4.79 Å². The van der Waals surface area contributed by atoms with Crippen molar-refractivity contribution in [3.63, 3.8) is 0 Å². The molecule has 2 saturated heterocycles. The standard InChI is InChI=1S/C37H48N4O7/c1-3-37(2)36(46)39-30(24-25-18-20-28(21-19-25)48-27-14-7-8-15-27)34(44)41-22-11-17-31(41)33(43)38-29(32(42)40-37)16-9-10-23-47-35(45)26-12-5-4-6-13-26/h4-6,12-13,18-21,27,29-31H,3,7-11,14-17,22-24H2,1-2H3,(H,38,43)(H,39,46)(H,40,42)/t29-,30-,31+,37-/m0/s1. The van der Waals surface area contributed by atoms with E-state index >= 15 is 0 Å². The summed E-state index contributed by atoms with van der Waals surface area (Å²) >= 11 is 0. The van der Waals surface area contributed by atoms with Crippen molar-refractivity contribution in [1.29, 1.82) is 0 Å². The first kappa shape index (κ1) is 34.9. The number of esters is 1. The molecule has 11 heteroatoms. The largest absolute Gasteiger partial charge is 0.490 e. The van der Waals surface area contributed by atoms with Gasteiger partial charge in [0.1, 0.15) is 29.4 Å². The van der Waals surface area contributed by atoms with Gasteiger partial charge in [0.05, 0.1) is 18.3 Å². The van der Waals surface area contributed by atoms with Gasteiger partial charge >= 0.3 is 5.97 Å². The molecule has 258 valence electrons. The number of amides is 4. The predicted molar refractivity (Wildman–Crippen MR) is 179 cm³/mol. The van der Waals surface area contributed by atoms with E-state index < -0.39 is 47.4 Å². The lowest BCUT2D eigenvalue weighted by atomic mass is 9.94. The van der Waals surface area contributed by atoms with Crippen molar-refractivity contribution in [2.24, 2.45) is 0 Å². The number of benzene rings is 2. The Bertz CT molecular complexity index is 1440. The molecule has 1 aliphatic carbocycles. The molecule has 0 aromatic heterocycles. The summed E-state index contributed by atoms with van der Waals surface area (Å²) in [6.45, 7) is 3.96. The Balaban J connectivity index is 1.27. The maximum atomic E-state index is 14.1. The average molecular weight is 661 g/mol.